The Hall–Kier alpha value is -1.65. The van der Waals surface area contributed by atoms with Crippen LogP contribution in [0.2, 0.25) is 0 Å². The van der Waals surface area contributed by atoms with Crippen molar-refractivity contribution in [3.8, 4) is 0 Å². The van der Waals surface area contributed by atoms with Gasteiger partial charge < -0.3 is 10.2 Å². The minimum atomic E-state index is 0.0804. The van der Waals surface area contributed by atoms with E-state index < -0.39 is 0 Å². The van der Waals surface area contributed by atoms with Crippen LogP contribution in [0.1, 0.15) is 38.5 Å². The summed E-state index contributed by atoms with van der Waals surface area (Å²) < 4.78 is 0. The van der Waals surface area contributed by atoms with E-state index in [2.05, 4.69) is 20.2 Å². The van der Waals surface area contributed by atoms with Crippen molar-refractivity contribution in [2.24, 2.45) is 5.92 Å². The first-order valence-electron chi connectivity index (χ1n) is 7.18. The molecule has 0 radical (unpaired) electrons. The molecule has 0 spiro atoms. The fraction of sp³-hybridized carbons (Fsp3) is 0.643. The van der Waals surface area contributed by atoms with Gasteiger partial charge in [0.15, 0.2) is 0 Å². The SMILES string of the molecule is O=C(CC1CC1)Nc1cnc(N2CCCCC2)nc1. The van der Waals surface area contributed by atoms with Crippen LogP contribution in [0.25, 0.3) is 0 Å². The van der Waals surface area contributed by atoms with Gasteiger partial charge in [-0.15, -0.1) is 0 Å². The quantitative estimate of drug-likeness (QED) is 0.901. The minimum absolute atomic E-state index is 0.0804. The maximum absolute atomic E-state index is 11.7. The second-order valence-electron chi connectivity index (χ2n) is 5.52. The number of hydrogen-bond acceptors (Lipinski definition) is 4. The summed E-state index contributed by atoms with van der Waals surface area (Å²) >= 11 is 0. The largest absolute Gasteiger partial charge is 0.341 e. The summed E-state index contributed by atoms with van der Waals surface area (Å²) in [6.45, 7) is 2.07. The molecular formula is C14H20N4O. The van der Waals surface area contributed by atoms with Gasteiger partial charge in [0.2, 0.25) is 11.9 Å². The molecule has 1 aromatic rings. The summed E-state index contributed by atoms with van der Waals surface area (Å²) in [7, 11) is 0. The molecule has 102 valence electrons. The average Bonchev–Trinajstić information content (AvgIpc) is 3.24. The smallest absolute Gasteiger partial charge is 0.225 e. The maximum Gasteiger partial charge on any atom is 0.225 e. The number of nitrogens with zero attached hydrogens (tertiary/aromatic N) is 3. The Morgan fingerprint density at radius 2 is 1.89 bits per heavy atom. The van der Waals surface area contributed by atoms with Gasteiger partial charge in [0.1, 0.15) is 0 Å². The summed E-state index contributed by atoms with van der Waals surface area (Å²) in [5.74, 6) is 1.46. The number of rotatable bonds is 4. The van der Waals surface area contributed by atoms with Crippen molar-refractivity contribution in [1.82, 2.24) is 9.97 Å². The number of carbonyl (C=O) groups is 1. The molecule has 1 aliphatic heterocycles. The Bertz CT molecular complexity index is 435. The normalized spacial score (nSPS) is 19.3. The molecule has 5 heteroatoms. The third kappa shape index (κ3) is 3.43. The van der Waals surface area contributed by atoms with E-state index in [-0.39, 0.29) is 5.91 Å². The van der Waals surface area contributed by atoms with Crippen LogP contribution in [0.4, 0.5) is 11.6 Å². The summed E-state index contributed by atoms with van der Waals surface area (Å²) in [6, 6.07) is 0. The summed E-state index contributed by atoms with van der Waals surface area (Å²) in [6.07, 6.45) is 10.2. The Labute approximate surface area is 113 Å². The fourth-order valence-corrected chi connectivity index (χ4v) is 2.44. The first-order chi connectivity index (χ1) is 9.31. The summed E-state index contributed by atoms with van der Waals surface area (Å²) in [4.78, 5) is 22.6. The highest BCUT2D eigenvalue weighted by Gasteiger charge is 2.24. The molecule has 1 N–H and O–H groups in total. The second-order valence-corrected chi connectivity index (χ2v) is 5.52. The van der Waals surface area contributed by atoms with E-state index in [1.54, 1.807) is 12.4 Å². The van der Waals surface area contributed by atoms with Gasteiger partial charge in [0, 0.05) is 19.5 Å². The van der Waals surface area contributed by atoms with E-state index in [1.165, 1.54) is 32.1 Å². The predicted octanol–water partition coefficient (Wildman–Crippen LogP) is 2.21. The number of aromatic nitrogens is 2. The van der Waals surface area contributed by atoms with Gasteiger partial charge in [-0.05, 0) is 38.0 Å². The molecule has 1 saturated carbocycles. The van der Waals surface area contributed by atoms with Crippen LogP contribution in [0.3, 0.4) is 0 Å². The molecule has 2 aliphatic rings. The third-order valence-electron chi connectivity index (χ3n) is 3.73. The van der Waals surface area contributed by atoms with Crippen molar-refractivity contribution in [3.63, 3.8) is 0 Å². The molecular weight excluding hydrogens is 240 g/mol. The maximum atomic E-state index is 11.7. The topological polar surface area (TPSA) is 58.1 Å². The Balaban J connectivity index is 1.56. The monoisotopic (exact) mass is 260 g/mol. The molecule has 0 bridgehead atoms. The zero-order valence-corrected chi connectivity index (χ0v) is 11.1. The van der Waals surface area contributed by atoms with Gasteiger partial charge in [-0.1, -0.05) is 0 Å². The predicted molar refractivity (Wildman–Crippen MR) is 74.1 cm³/mol. The number of carbonyl (C=O) groups excluding carboxylic acids is 1. The molecule has 0 atom stereocenters. The zero-order chi connectivity index (χ0) is 13.1. The van der Waals surface area contributed by atoms with Crippen LogP contribution in [-0.4, -0.2) is 29.0 Å². The van der Waals surface area contributed by atoms with Gasteiger partial charge in [-0.2, -0.15) is 0 Å². The van der Waals surface area contributed by atoms with E-state index in [1.807, 2.05) is 0 Å². The molecule has 1 saturated heterocycles. The van der Waals surface area contributed by atoms with Gasteiger partial charge in [-0.3, -0.25) is 4.79 Å². The first-order valence-corrected chi connectivity index (χ1v) is 7.18. The molecule has 1 amide bonds. The molecule has 5 nitrogen and oxygen atoms in total. The zero-order valence-electron chi connectivity index (χ0n) is 11.1. The van der Waals surface area contributed by atoms with E-state index in [9.17, 15) is 4.79 Å². The summed E-state index contributed by atoms with van der Waals surface area (Å²) in [5.41, 5.74) is 0.700. The van der Waals surface area contributed by atoms with Crippen LogP contribution in [0, 0.1) is 5.92 Å². The molecule has 0 unspecified atom stereocenters. The van der Waals surface area contributed by atoms with Gasteiger partial charge in [0.05, 0.1) is 18.1 Å². The fourth-order valence-electron chi connectivity index (χ4n) is 2.44. The van der Waals surface area contributed by atoms with Crippen LogP contribution >= 0.6 is 0 Å². The Kier molecular flexibility index (Phi) is 3.62. The second kappa shape index (κ2) is 5.55. The number of hydrogen-bond donors (Lipinski definition) is 1. The van der Waals surface area contributed by atoms with Gasteiger partial charge in [-0.25, -0.2) is 9.97 Å². The lowest BCUT2D eigenvalue weighted by molar-refractivity contribution is -0.116. The number of anilines is 2. The lowest BCUT2D eigenvalue weighted by Crippen LogP contribution is -2.30. The third-order valence-corrected chi connectivity index (χ3v) is 3.73. The molecule has 1 aromatic heterocycles. The number of nitrogens with one attached hydrogen (secondary N) is 1. The first kappa shape index (κ1) is 12.4. The van der Waals surface area contributed by atoms with Gasteiger partial charge in [0.25, 0.3) is 0 Å². The highest BCUT2D eigenvalue weighted by molar-refractivity contribution is 5.90. The molecule has 3 rings (SSSR count). The minimum Gasteiger partial charge on any atom is -0.341 e. The molecule has 2 fully saturated rings. The van der Waals surface area contributed by atoms with Crippen molar-refractivity contribution in [2.75, 3.05) is 23.3 Å². The average molecular weight is 260 g/mol. The molecule has 2 heterocycles. The molecule has 1 aliphatic carbocycles. The van der Waals surface area contributed by atoms with Crippen molar-refractivity contribution in [1.29, 1.82) is 0 Å². The van der Waals surface area contributed by atoms with E-state index in [4.69, 9.17) is 0 Å². The molecule has 0 aromatic carbocycles. The van der Waals surface area contributed by atoms with Crippen LogP contribution in [0.15, 0.2) is 12.4 Å². The van der Waals surface area contributed by atoms with Crippen molar-refractivity contribution < 1.29 is 4.79 Å². The van der Waals surface area contributed by atoms with Crippen LogP contribution in [-0.2, 0) is 4.79 Å². The van der Waals surface area contributed by atoms with Crippen molar-refractivity contribution in [2.45, 2.75) is 38.5 Å². The summed E-state index contributed by atoms with van der Waals surface area (Å²) in [5, 5.41) is 2.86. The highest BCUT2D eigenvalue weighted by Crippen LogP contribution is 2.32. The van der Waals surface area contributed by atoms with Crippen LogP contribution < -0.4 is 10.2 Å². The standard InChI is InChI=1S/C14H20N4O/c19-13(8-11-4-5-11)17-12-9-15-14(16-10-12)18-6-2-1-3-7-18/h9-11H,1-8H2,(H,17,19). The van der Waals surface area contributed by atoms with Crippen molar-refractivity contribution >= 4 is 17.5 Å². The number of amides is 1. The lowest BCUT2D eigenvalue weighted by atomic mass is 10.1. The van der Waals surface area contributed by atoms with E-state index in [0.29, 0.717) is 18.0 Å². The Morgan fingerprint density at radius 3 is 2.53 bits per heavy atom. The Morgan fingerprint density at radius 1 is 1.21 bits per heavy atom. The van der Waals surface area contributed by atoms with E-state index >= 15 is 0 Å². The number of piperidine rings is 1. The van der Waals surface area contributed by atoms with Crippen LogP contribution in [0.5, 0.6) is 0 Å². The van der Waals surface area contributed by atoms with Crippen molar-refractivity contribution in [3.05, 3.63) is 12.4 Å². The van der Waals surface area contributed by atoms with E-state index in [0.717, 1.165) is 19.0 Å². The van der Waals surface area contributed by atoms with Gasteiger partial charge >= 0.3 is 0 Å². The molecule has 19 heavy (non-hydrogen) atoms. The lowest BCUT2D eigenvalue weighted by Gasteiger charge is -2.26. The highest BCUT2D eigenvalue weighted by atomic mass is 16.1.